The number of aromatic nitrogens is 1. The number of likely N-dealkylation sites (N-methyl/N-ethyl adjacent to an activating group) is 1. The van der Waals surface area contributed by atoms with E-state index in [0.29, 0.717) is 19.6 Å². The third-order valence-corrected chi connectivity index (χ3v) is 5.23. The Balaban J connectivity index is 1.64. The largest absolute Gasteiger partial charge is 0.494 e. The van der Waals surface area contributed by atoms with Gasteiger partial charge in [-0.25, -0.2) is 4.98 Å². The van der Waals surface area contributed by atoms with E-state index in [0.717, 1.165) is 27.6 Å². The Kier molecular flexibility index (Phi) is 6.24. The number of ether oxygens (including phenoxy) is 1. The molecule has 140 valence electrons. The van der Waals surface area contributed by atoms with Crippen molar-refractivity contribution in [2.75, 3.05) is 13.7 Å². The Morgan fingerprint density at radius 2 is 1.89 bits per heavy atom. The Hall–Kier alpha value is -2.66. The van der Waals surface area contributed by atoms with Gasteiger partial charge in [-0.2, -0.15) is 0 Å². The van der Waals surface area contributed by atoms with Gasteiger partial charge in [-0.05, 0) is 19.9 Å². The molecule has 0 aliphatic heterocycles. The van der Waals surface area contributed by atoms with Crippen LogP contribution in [0.5, 0.6) is 5.75 Å². The summed E-state index contributed by atoms with van der Waals surface area (Å²) in [5, 5.41) is 2.91. The number of amides is 1. The van der Waals surface area contributed by atoms with Crippen molar-refractivity contribution in [3.8, 4) is 16.3 Å². The Morgan fingerprint density at radius 1 is 1.15 bits per heavy atom. The average Bonchev–Trinajstić information content (AvgIpc) is 3.12. The molecule has 2 aromatic carbocycles. The first-order chi connectivity index (χ1) is 13.1. The number of hydrogen-bond acceptors (Lipinski definition) is 4. The van der Waals surface area contributed by atoms with E-state index in [9.17, 15) is 4.79 Å². The average molecular weight is 381 g/mol. The molecule has 1 heterocycles. The second-order valence-electron chi connectivity index (χ2n) is 6.48. The zero-order chi connectivity index (χ0) is 19.2. The third-order valence-electron chi connectivity index (χ3n) is 4.29. The standard InChI is InChI=1S/C22H24N2O2S/c1-4-26-20-8-6-5-7-18(20)14-24(3)21(25)13-19-15-27-22(23-19)17-11-9-16(2)10-12-17/h5-12,15H,4,13-14H2,1-3H3. The van der Waals surface area contributed by atoms with Crippen LogP contribution >= 0.6 is 11.3 Å². The van der Waals surface area contributed by atoms with E-state index >= 15 is 0 Å². The van der Waals surface area contributed by atoms with Crippen molar-refractivity contribution in [2.45, 2.75) is 26.8 Å². The van der Waals surface area contributed by atoms with Gasteiger partial charge < -0.3 is 9.64 Å². The predicted octanol–water partition coefficient (Wildman–Crippen LogP) is 4.72. The number of thiazole rings is 1. The smallest absolute Gasteiger partial charge is 0.228 e. The van der Waals surface area contributed by atoms with Crippen LogP contribution in [0.4, 0.5) is 0 Å². The predicted molar refractivity (Wildman–Crippen MR) is 110 cm³/mol. The monoisotopic (exact) mass is 380 g/mol. The number of carbonyl (C=O) groups is 1. The maximum absolute atomic E-state index is 12.6. The highest BCUT2D eigenvalue weighted by Crippen LogP contribution is 2.25. The topological polar surface area (TPSA) is 42.4 Å². The molecule has 0 unspecified atom stereocenters. The molecular formula is C22H24N2O2S. The molecule has 0 N–H and O–H groups in total. The quantitative estimate of drug-likeness (QED) is 0.596. The molecule has 27 heavy (non-hydrogen) atoms. The van der Waals surface area contributed by atoms with Gasteiger partial charge in [0.1, 0.15) is 10.8 Å². The summed E-state index contributed by atoms with van der Waals surface area (Å²) in [5.74, 6) is 0.872. The van der Waals surface area contributed by atoms with E-state index in [4.69, 9.17) is 4.74 Å². The number of aryl methyl sites for hydroxylation is 1. The number of para-hydroxylation sites is 1. The van der Waals surface area contributed by atoms with Crippen LogP contribution in [0.25, 0.3) is 10.6 Å². The number of rotatable bonds is 7. The van der Waals surface area contributed by atoms with Crippen LogP contribution in [0, 0.1) is 6.92 Å². The summed E-state index contributed by atoms with van der Waals surface area (Å²) in [7, 11) is 1.82. The summed E-state index contributed by atoms with van der Waals surface area (Å²) < 4.78 is 5.65. The van der Waals surface area contributed by atoms with Crippen molar-refractivity contribution in [1.29, 1.82) is 0 Å². The van der Waals surface area contributed by atoms with Gasteiger partial charge in [-0.1, -0.05) is 48.0 Å². The molecule has 0 bridgehead atoms. The number of carbonyl (C=O) groups excluding carboxylic acids is 1. The van der Waals surface area contributed by atoms with Gasteiger partial charge in [-0.3, -0.25) is 4.79 Å². The highest BCUT2D eigenvalue weighted by molar-refractivity contribution is 7.13. The van der Waals surface area contributed by atoms with Crippen LogP contribution in [-0.4, -0.2) is 29.4 Å². The fourth-order valence-corrected chi connectivity index (χ4v) is 3.61. The summed E-state index contributed by atoms with van der Waals surface area (Å²) in [6, 6.07) is 16.1. The zero-order valence-corrected chi connectivity index (χ0v) is 16.8. The molecule has 3 rings (SSSR count). The van der Waals surface area contributed by atoms with E-state index in [-0.39, 0.29) is 5.91 Å². The van der Waals surface area contributed by atoms with Crippen molar-refractivity contribution < 1.29 is 9.53 Å². The molecule has 0 aliphatic rings. The van der Waals surface area contributed by atoms with Gasteiger partial charge in [0.25, 0.3) is 0 Å². The molecule has 5 heteroatoms. The van der Waals surface area contributed by atoms with Crippen LogP contribution in [0.2, 0.25) is 0 Å². The maximum Gasteiger partial charge on any atom is 0.228 e. The minimum Gasteiger partial charge on any atom is -0.494 e. The van der Waals surface area contributed by atoms with Crippen molar-refractivity contribution in [3.63, 3.8) is 0 Å². The van der Waals surface area contributed by atoms with E-state index < -0.39 is 0 Å². The fraction of sp³-hybridized carbons (Fsp3) is 0.273. The van der Waals surface area contributed by atoms with Gasteiger partial charge in [0.2, 0.25) is 5.91 Å². The molecule has 0 fully saturated rings. The number of benzene rings is 2. The first-order valence-electron chi connectivity index (χ1n) is 9.03. The molecule has 4 nitrogen and oxygen atoms in total. The summed E-state index contributed by atoms with van der Waals surface area (Å²) in [5.41, 5.74) is 4.13. The molecule has 1 amide bonds. The lowest BCUT2D eigenvalue weighted by Gasteiger charge is -2.19. The van der Waals surface area contributed by atoms with Crippen LogP contribution < -0.4 is 4.74 Å². The SMILES string of the molecule is CCOc1ccccc1CN(C)C(=O)Cc1csc(-c2ccc(C)cc2)n1. The molecule has 0 saturated carbocycles. The van der Waals surface area contributed by atoms with E-state index in [1.165, 1.54) is 5.56 Å². The van der Waals surface area contributed by atoms with Crippen LogP contribution in [0.15, 0.2) is 53.9 Å². The van der Waals surface area contributed by atoms with Gasteiger partial charge in [0.05, 0.1) is 18.7 Å². The van der Waals surface area contributed by atoms with Gasteiger partial charge in [0.15, 0.2) is 0 Å². The Morgan fingerprint density at radius 3 is 2.63 bits per heavy atom. The molecule has 1 aromatic heterocycles. The molecule has 0 aliphatic carbocycles. The van der Waals surface area contributed by atoms with Crippen LogP contribution in [0.3, 0.4) is 0 Å². The van der Waals surface area contributed by atoms with E-state index in [1.807, 2.05) is 43.6 Å². The number of hydrogen-bond donors (Lipinski definition) is 0. The molecule has 0 radical (unpaired) electrons. The summed E-state index contributed by atoms with van der Waals surface area (Å²) in [4.78, 5) is 19.0. The normalized spacial score (nSPS) is 10.6. The molecule has 0 atom stereocenters. The first kappa shape index (κ1) is 19.1. The van der Waals surface area contributed by atoms with Crippen molar-refractivity contribution >= 4 is 17.2 Å². The summed E-state index contributed by atoms with van der Waals surface area (Å²) in [6.07, 6.45) is 0.301. The molecule has 0 spiro atoms. The zero-order valence-electron chi connectivity index (χ0n) is 15.9. The first-order valence-corrected chi connectivity index (χ1v) is 9.91. The lowest BCUT2D eigenvalue weighted by molar-refractivity contribution is -0.129. The van der Waals surface area contributed by atoms with E-state index in [1.54, 1.807) is 16.2 Å². The highest BCUT2D eigenvalue weighted by Gasteiger charge is 2.15. The second-order valence-corrected chi connectivity index (χ2v) is 7.34. The summed E-state index contributed by atoms with van der Waals surface area (Å²) >= 11 is 1.57. The molecule has 3 aromatic rings. The summed E-state index contributed by atoms with van der Waals surface area (Å²) in [6.45, 7) is 5.15. The lowest BCUT2D eigenvalue weighted by atomic mass is 10.1. The van der Waals surface area contributed by atoms with E-state index in [2.05, 4.69) is 36.2 Å². The second kappa shape index (κ2) is 8.82. The highest BCUT2D eigenvalue weighted by atomic mass is 32.1. The van der Waals surface area contributed by atoms with Crippen molar-refractivity contribution in [2.24, 2.45) is 0 Å². The lowest BCUT2D eigenvalue weighted by Crippen LogP contribution is -2.28. The minimum atomic E-state index is 0.0436. The van der Waals surface area contributed by atoms with Crippen LogP contribution in [-0.2, 0) is 17.8 Å². The maximum atomic E-state index is 12.6. The van der Waals surface area contributed by atoms with Gasteiger partial charge in [-0.15, -0.1) is 11.3 Å². The molecule has 0 saturated heterocycles. The molecular weight excluding hydrogens is 356 g/mol. The van der Waals surface area contributed by atoms with Crippen molar-refractivity contribution in [1.82, 2.24) is 9.88 Å². The Labute approximate surface area is 164 Å². The Bertz CT molecular complexity index is 903. The van der Waals surface area contributed by atoms with Gasteiger partial charge >= 0.3 is 0 Å². The third kappa shape index (κ3) is 4.95. The fourth-order valence-electron chi connectivity index (χ4n) is 2.78. The van der Waals surface area contributed by atoms with Crippen LogP contribution in [0.1, 0.15) is 23.7 Å². The van der Waals surface area contributed by atoms with Crippen molar-refractivity contribution in [3.05, 3.63) is 70.7 Å². The number of nitrogens with zero attached hydrogens (tertiary/aromatic N) is 2. The van der Waals surface area contributed by atoms with Gasteiger partial charge in [0, 0.05) is 30.1 Å². The minimum absolute atomic E-state index is 0.0436.